The summed E-state index contributed by atoms with van der Waals surface area (Å²) in [5.41, 5.74) is 0.102. The van der Waals surface area contributed by atoms with Crippen molar-refractivity contribution in [1.82, 2.24) is 9.97 Å². The lowest BCUT2D eigenvalue weighted by Crippen LogP contribution is -2.27. The zero-order valence-electron chi connectivity index (χ0n) is 20.5. The van der Waals surface area contributed by atoms with Gasteiger partial charge in [0, 0.05) is 23.0 Å². The average molecular weight is 503 g/mol. The molecule has 0 fully saturated rings. The second kappa shape index (κ2) is 10.8. The Labute approximate surface area is 213 Å². The first kappa shape index (κ1) is 25.2. The SMILES string of the molecule is CC(C)(C)OC(=O)Nc1ccc(Oc2ccnc(NCOc3cccc(C(=O)O)c3)n2)c2ccccc12. The van der Waals surface area contributed by atoms with Crippen molar-refractivity contribution in [2.75, 3.05) is 17.4 Å². The van der Waals surface area contributed by atoms with Gasteiger partial charge in [0.2, 0.25) is 11.8 Å². The zero-order chi connectivity index (χ0) is 26.4. The van der Waals surface area contributed by atoms with Crippen LogP contribution in [-0.2, 0) is 4.74 Å². The van der Waals surface area contributed by atoms with Crippen molar-refractivity contribution in [3.63, 3.8) is 0 Å². The van der Waals surface area contributed by atoms with Crippen molar-refractivity contribution in [3.05, 3.63) is 78.5 Å². The van der Waals surface area contributed by atoms with Gasteiger partial charge in [-0.3, -0.25) is 5.32 Å². The summed E-state index contributed by atoms with van der Waals surface area (Å²) in [7, 11) is 0. The second-order valence-corrected chi connectivity index (χ2v) is 8.90. The normalized spacial score (nSPS) is 11.0. The van der Waals surface area contributed by atoms with Crippen LogP contribution in [0.5, 0.6) is 17.4 Å². The summed E-state index contributed by atoms with van der Waals surface area (Å²) < 4.78 is 17.0. The fourth-order valence-corrected chi connectivity index (χ4v) is 3.38. The summed E-state index contributed by atoms with van der Waals surface area (Å²) in [4.78, 5) is 31.9. The Kier molecular flexibility index (Phi) is 7.38. The lowest BCUT2D eigenvalue weighted by atomic mass is 10.1. The zero-order valence-corrected chi connectivity index (χ0v) is 20.5. The summed E-state index contributed by atoms with van der Waals surface area (Å²) in [5, 5.41) is 16.3. The summed E-state index contributed by atoms with van der Waals surface area (Å²) in [6, 6.07) is 18.7. The molecule has 4 rings (SSSR count). The number of nitrogens with zero attached hydrogens (tertiary/aromatic N) is 2. The van der Waals surface area contributed by atoms with Crippen molar-refractivity contribution in [1.29, 1.82) is 0 Å². The predicted molar refractivity (Wildman–Crippen MR) is 138 cm³/mol. The number of ether oxygens (including phenoxy) is 3. The average Bonchev–Trinajstić information content (AvgIpc) is 2.85. The molecule has 0 unspecified atom stereocenters. The number of carbonyl (C=O) groups excluding carboxylic acids is 1. The number of benzene rings is 3. The quantitative estimate of drug-likeness (QED) is 0.251. The highest BCUT2D eigenvalue weighted by Crippen LogP contribution is 2.34. The molecule has 0 saturated heterocycles. The second-order valence-electron chi connectivity index (χ2n) is 8.90. The van der Waals surface area contributed by atoms with Crippen LogP contribution in [-0.4, -0.2) is 39.5 Å². The minimum atomic E-state index is -1.03. The maximum atomic E-state index is 12.3. The molecule has 0 spiro atoms. The number of hydrogen-bond acceptors (Lipinski definition) is 8. The Bertz CT molecular complexity index is 1430. The molecule has 0 bridgehead atoms. The smallest absolute Gasteiger partial charge is 0.412 e. The number of nitrogens with one attached hydrogen (secondary N) is 2. The van der Waals surface area contributed by atoms with E-state index in [-0.39, 0.29) is 18.2 Å². The molecule has 0 aliphatic carbocycles. The fraction of sp³-hybridized carbons (Fsp3) is 0.185. The van der Waals surface area contributed by atoms with E-state index >= 15 is 0 Å². The third-order valence-corrected chi connectivity index (χ3v) is 4.91. The van der Waals surface area contributed by atoms with Crippen molar-refractivity contribution in [2.45, 2.75) is 26.4 Å². The summed E-state index contributed by atoms with van der Waals surface area (Å²) in [6.07, 6.45) is 0.991. The molecular formula is C27H26N4O6. The molecule has 0 saturated carbocycles. The van der Waals surface area contributed by atoms with Crippen LogP contribution in [0.15, 0.2) is 72.9 Å². The molecule has 37 heavy (non-hydrogen) atoms. The van der Waals surface area contributed by atoms with E-state index in [2.05, 4.69) is 20.6 Å². The van der Waals surface area contributed by atoms with Crippen molar-refractivity contribution < 1.29 is 28.9 Å². The van der Waals surface area contributed by atoms with Crippen molar-refractivity contribution in [3.8, 4) is 17.4 Å². The number of anilines is 2. The highest BCUT2D eigenvalue weighted by Gasteiger charge is 2.18. The maximum absolute atomic E-state index is 12.3. The lowest BCUT2D eigenvalue weighted by molar-refractivity contribution is 0.0634. The summed E-state index contributed by atoms with van der Waals surface area (Å²) in [5.74, 6) is 0.457. The molecule has 1 amide bonds. The Hall–Kier alpha value is -4.86. The molecule has 0 aliphatic rings. The number of carboxylic acid groups (broad SMARTS) is 1. The number of aromatic nitrogens is 2. The van der Waals surface area contributed by atoms with E-state index in [1.807, 2.05) is 24.3 Å². The standard InChI is InChI=1S/C27H26N4O6/c1-27(2,3)37-26(34)30-21-11-12-22(20-10-5-4-9-19(20)21)36-23-13-14-28-25(31-23)29-16-35-18-8-6-7-17(15-18)24(32)33/h4-15H,16H2,1-3H3,(H,30,34)(H,32,33)(H,28,29,31). The molecule has 3 N–H and O–H groups in total. The van der Waals surface area contributed by atoms with Crippen LogP contribution in [0.3, 0.4) is 0 Å². The Morgan fingerprint density at radius 3 is 2.51 bits per heavy atom. The van der Waals surface area contributed by atoms with E-state index in [1.165, 1.54) is 18.3 Å². The van der Waals surface area contributed by atoms with Gasteiger partial charge in [0.1, 0.15) is 17.1 Å². The first-order valence-electron chi connectivity index (χ1n) is 11.4. The van der Waals surface area contributed by atoms with Gasteiger partial charge in [0.05, 0.1) is 11.3 Å². The molecule has 0 radical (unpaired) electrons. The maximum Gasteiger partial charge on any atom is 0.412 e. The topological polar surface area (TPSA) is 132 Å². The van der Waals surface area contributed by atoms with Crippen LogP contribution in [0.2, 0.25) is 0 Å². The van der Waals surface area contributed by atoms with Crippen molar-refractivity contribution in [2.24, 2.45) is 0 Å². The molecule has 190 valence electrons. The molecule has 3 aromatic carbocycles. The molecular weight excluding hydrogens is 476 g/mol. The molecule has 10 heteroatoms. The third-order valence-electron chi connectivity index (χ3n) is 4.91. The summed E-state index contributed by atoms with van der Waals surface area (Å²) in [6.45, 7) is 5.42. The number of hydrogen-bond donors (Lipinski definition) is 3. The number of amides is 1. The highest BCUT2D eigenvalue weighted by atomic mass is 16.6. The van der Waals surface area contributed by atoms with Crippen LogP contribution in [0.25, 0.3) is 10.8 Å². The van der Waals surface area contributed by atoms with Crippen LogP contribution < -0.4 is 20.1 Å². The van der Waals surface area contributed by atoms with Gasteiger partial charge in [-0.05, 0) is 51.1 Å². The van der Waals surface area contributed by atoms with Gasteiger partial charge in [-0.1, -0.05) is 30.3 Å². The van der Waals surface area contributed by atoms with Gasteiger partial charge in [0.15, 0.2) is 6.73 Å². The van der Waals surface area contributed by atoms with E-state index in [9.17, 15) is 9.59 Å². The number of carbonyl (C=O) groups is 2. The highest BCUT2D eigenvalue weighted by molar-refractivity contribution is 6.02. The molecule has 1 aromatic heterocycles. The van der Waals surface area contributed by atoms with Crippen molar-refractivity contribution >= 4 is 34.5 Å². The molecule has 4 aromatic rings. The summed E-state index contributed by atoms with van der Waals surface area (Å²) >= 11 is 0. The minimum Gasteiger partial charge on any atom is -0.478 e. The largest absolute Gasteiger partial charge is 0.478 e. The number of carboxylic acids is 1. The van der Waals surface area contributed by atoms with Crippen LogP contribution >= 0.6 is 0 Å². The molecule has 0 atom stereocenters. The van der Waals surface area contributed by atoms with Crippen LogP contribution in [0.1, 0.15) is 31.1 Å². The number of fused-ring (bicyclic) bond motifs is 1. The minimum absolute atomic E-state index is 0.0144. The first-order valence-corrected chi connectivity index (χ1v) is 11.4. The Morgan fingerprint density at radius 1 is 0.973 bits per heavy atom. The van der Waals surface area contributed by atoms with Gasteiger partial charge in [0.25, 0.3) is 0 Å². The van der Waals surface area contributed by atoms with Gasteiger partial charge < -0.3 is 24.6 Å². The van der Waals surface area contributed by atoms with Crippen LogP contribution in [0.4, 0.5) is 16.4 Å². The first-order chi connectivity index (χ1) is 17.7. The molecule has 10 nitrogen and oxygen atoms in total. The monoisotopic (exact) mass is 502 g/mol. The van der Waals surface area contributed by atoms with E-state index in [0.29, 0.717) is 23.1 Å². The van der Waals surface area contributed by atoms with Gasteiger partial charge in [-0.2, -0.15) is 4.98 Å². The fourth-order valence-electron chi connectivity index (χ4n) is 3.38. The van der Waals surface area contributed by atoms with Crippen LogP contribution in [0, 0.1) is 0 Å². The van der Waals surface area contributed by atoms with E-state index in [4.69, 9.17) is 19.3 Å². The number of aromatic carboxylic acids is 1. The van der Waals surface area contributed by atoms with Gasteiger partial charge >= 0.3 is 12.1 Å². The number of rotatable bonds is 8. The van der Waals surface area contributed by atoms with E-state index < -0.39 is 17.7 Å². The van der Waals surface area contributed by atoms with Gasteiger partial charge in [-0.15, -0.1) is 0 Å². The lowest BCUT2D eigenvalue weighted by Gasteiger charge is -2.20. The van der Waals surface area contributed by atoms with E-state index in [1.54, 1.807) is 51.1 Å². The predicted octanol–water partition coefficient (Wildman–Crippen LogP) is 5.92. The Morgan fingerprint density at radius 2 is 1.76 bits per heavy atom. The molecule has 0 aliphatic heterocycles. The third kappa shape index (κ3) is 6.85. The molecule has 1 heterocycles. The Balaban J connectivity index is 1.45. The van der Waals surface area contributed by atoms with Gasteiger partial charge in [-0.25, -0.2) is 14.6 Å². The van der Waals surface area contributed by atoms with E-state index in [0.717, 1.165) is 10.8 Å².